The van der Waals surface area contributed by atoms with Crippen molar-refractivity contribution in [3.8, 4) is 11.5 Å². The van der Waals surface area contributed by atoms with Crippen molar-refractivity contribution >= 4 is 43.5 Å². The van der Waals surface area contributed by atoms with Crippen LogP contribution in [0, 0.1) is 0 Å². The second kappa shape index (κ2) is 6.19. The van der Waals surface area contributed by atoms with Gasteiger partial charge in [-0.1, -0.05) is 43.5 Å². The Kier molecular flexibility index (Phi) is 4.48. The summed E-state index contributed by atoms with van der Waals surface area (Å²) in [6, 6.07) is 9.81. The maximum Gasteiger partial charge on any atom is 0.127 e. The average molecular weight is 433 g/mol. The van der Waals surface area contributed by atoms with Crippen LogP contribution in [0.3, 0.4) is 0 Å². The van der Waals surface area contributed by atoms with Crippen molar-refractivity contribution in [1.29, 1.82) is 0 Å². The highest BCUT2D eigenvalue weighted by Crippen LogP contribution is 2.45. The summed E-state index contributed by atoms with van der Waals surface area (Å²) in [5, 5.41) is 0.683. The fourth-order valence-electron chi connectivity index (χ4n) is 2.56. The number of ether oxygens (including phenoxy) is 2. The number of alkyl halides is 1. The summed E-state index contributed by atoms with van der Waals surface area (Å²) in [6.45, 7) is 0.727. The summed E-state index contributed by atoms with van der Waals surface area (Å²) in [5.41, 5.74) is 3.29. The number of hydrogen-bond donors (Lipinski definition) is 0. The second-order valence-electron chi connectivity index (χ2n) is 4.83. The molecule has 0 fully saturated rings. The number of fused-ring (bicyclic) bond motifs is 1. The predicted molar refractivity (Wildman–Crippen MR) is 92.1 cm³/mol. The molecule has 1 atom stereocenters. The van der Waals surface area contributed by atoms with Crippen molar-refractivity contribution in [3.05, 3.63) is 56.5 Å². The monoisotopic (exact) mass is 430 g/mol. The van der Waals surface area contributed by atoms with Gasteiger partial charge < -0.3 is 9.47 Å². The van der Waals surface area contributed by atoms with Crippen LogP contribution < -0.4 is 9.47 Å². The summed E-state index contributed by atoms with van der Waals surface area (Å²) in [7, 11) is 1.66. The van der Waals surface area contributed by atoms with Gasteiger partial charge in [-0.05, 0) is 35.9 Å². The molecule has 2 nitrogen and oxygen atoms in total. The van der Waals surface area contributed by atoms with Gasteiger partial charge in [-0.25, -0.2) is 0 Å². The highest BCUT2D eigenvalue weighted by Gasteiger charge is 2.25. The quantitative estimate of drug-likeness (QED) is 0.594. The first kappa shape index (κ1) is 15.2. The van der Waals surface area contributed by atoms with Gasteiger partial charge in [0.1, 0.15) is 11.5 Å². The smallest absolute Gasteiger partial charge is 0.127 e. The fraction of sp³-hybridized carbons (Fsp3) is 0.250. The van der Waals surface area contributed by atoms with E-state index in [0.717, 1.165) is 40.1 Å². The van der Waals surface area contributed by atoms with E-state index < -0.39 is 0 Å². The molecule has 0 saturated heterocycles. The van der Waals surface area contributed by atoms with E-state index in [1.54, 1.807) is 7.11 Å². The van der Waals surface area contributed by atoms with Crippen molar-refractivity contribution in [2.45, 2.75) is 11.2 Å². The molecule has 0 spiro atoms. The molecule has 1 unspecified atom stereocenters. The van der Waals surface area contributed by atoms with Crippen LogP contribution >= 0.6 is 43.5 Å². The summed E-state index contributed by atoms with van der Waals surface area (Å²) < 4.78 is 12.3. The topological polar surface area (TPSA) is 18.5 Å². The van der Waals surface area contributed by atoms with E-state index in [2.05, 4.69) is 44.0 Å². The lowest BCUT2D eigenvalue weighted by atomic mass is 10.0. The Morgan fingerprint density at radius 2 is 2.05 bits per heavy atom. The fourth-order valence-corrected chi connectivity index (χ4v) is 3.96. The number of methoxy groups -OCH3 is 1. The van der Waals surface area contributed by atoms with Crippen molar-refractivity contribution in [2.75, 3.05) is 13.7 Å². The first-order chi connectivity index (χ1) is 10.1. The molecule has 1 aliphatic heterocycles. The Hall–Kier alpha value is -0.710. The molecule has 1 aliphatic rings. The Balaban J connectivity index is 2.11. The highest BCUT2D eigenvalue weighted by molar-refractivity contribution is 9.10. The molecule has 1 heterocycles. The van der Waals surface area contributed by atoms with E-state index in [9.17, 15) is 0 Å². The molecule has 0 radical (unpaired) electrons. The van der Waals surface area contributed by atoms with Gasteiger partial charge in [0, 0.05) is 27.0 Å². The van der Waals surface area contributed by atoms with Crippen LogP contribution in [0.2, 0.25) is 5.02 Å². The molecule has 21 heavy (non-hydrogen) atoms. The molecule has 3 rings (SSSR count). The third kappa shape index (κ3) is 2.94. The first-order valence-corrected chi connectivity index (χ1v) is 8.61. The Labute approximate surface area is 145 Å². The van der Waals surface area contributed by atoms with Crippen LogP contribution in [0.25, 0.3) is 0 Å². The molecular weight excluding hydrogens is 419 g/mol. The van der Waals surface area contributed by atoms with E-state index in [4.69, 9.17) is 21.1 Å². The number of hydrogen-bond acceptors (Lipinski definition) is 2. The second-order valence-corrected chi connectivity index (χ2v) is 7.10. The summed E-state index contributed by atoms with van der Waals surface area (Å²) in [4.78, 5) is -0.0458. The van der Waals surface area contributed by atoms with E-state index in [-0.39, 0.29) is 4.83 Å². The van der Waals surface area contributed by atoms with Gasteiger partial charge in [0.15, 0.2) is 0 Å². The van der Waals surface area contributed by atoms with Gasteiger partial charge in [0.05, 0.1) is 18.5 Å². The standard InChI is InChI=1S/C16H13Br2ClO2/c1-20-14-3-2-11(19)8-12(14)15(18)13-7-10(17)6-9-4-5-21-16(9)13/h2-3,6-8,15H,4-5H2,1H3. The van der Waals surface area contributed by atoms with E-state index >= 15 is 0 Å². The maximum atomic E-state index is 6.14. The molecule has 110 valence electrons. The summed E-state index contributed by atoms with van der Waals surface area (Å²) >= 11 is 13.5. The predicted octanol–water partition coefficient (Wildman–Crippen LogP) is 5.53. The van der Waals surface area contributed by atoms with Crippen molar-refractivity contribution in [2.24, 2.45) is 0 Å². The largest absolute Gasteiger partial charge is 0.496 e. The van der Waals surface area contributed by atoms with E-state index in [0.29, 0.717) is 5.02 Å². The minimum absolute atomic E-state index is 0.0458. The first-order valence-electron chi connectivity index (χ1n) is 6.52. The third-order valence-electron chi connectivity index (χ3n) is 3.51. The zero-order chi connectivity index (χ0) is 15.0. The highest BCUT2D eigenvalue weighted by atomic mass is 79.9. The molecule has 0 amide bonds. The van der Waals surface area contributed by atoms with Crippen LogP contribution in [0.4, 0.5) is 0 Å². The van der Waals surface area contributed by atoms with Gasteiger partial charge >= 0.3 is 0 Å². The SMILES string of the molecule is COc1ccc(Cl)cc1C(Br)c1cc(Br)cc2c1OCC2. The molecule has 2 aromatic rings. The zero-order valence-corrected chi connectivity index (χ0v) is 15.3. The third-order valence-corrected chi connectivity index (χ3v) is 5.19. The average Bonchev–Trinajstić information content (AvgIpc) is 2.93. The molecule has 0 aliphatic carbocycles. The Bertz CT molecular complexity index is 688. The van der Waals surface area contributed by atoms with Crippen LogP contribution in [-0.4, -0.2) is 13.7 Å². The van der Waals surface area contributed by atoms with Gasteiger partial charge in [-0.15, -0.1) is 0 Å². The van der Waals surface area contributed by atoms with Gasteiger partial charge in [-0.2, -0.15) is 0 Å². The number of benzene rings is 2. The normalized spacial score (nSPS) is 14.5. The van der Waals surface area contributed by atoms with Crippen molar-refractivity contribution in [1.82, 2.24) is 0 Å². The van der Waals surface area contributed by atoms with Gasteiger partial charge in [-0.3, -0.25) is 0 Å². The molecule has 5 heteroatoms. The van der Waals surface area contributed by atoms with E-state index in [1.165, 1.54) is 5.56 Å². The van der Waals surface area contributed by atoms with Gasteiger partial charge in [0.25, 0.3) is 0 Å². The van der Waals surface area contributed by atoms with Crippen molar-refractivity contribution in [3.63, 3.8) is 0 Å². The van der Waals surface area contributed by atoms with E-state index in [1.807, 2.05) is 18.2 Å². The van der Waals surface area contributed by atoms with Gasteiger partial charge in [0.2, 0.25) is 0 Å². The maximum absolute atomic E-state index is 6.14. The van der Waals surface area contributed by atoms with Crippen LogP contribution in [0.5, 0.6) is 11.5 Å². The molecule has 0 saturated carbocycles. The Morgan fingerprint density at radius 1 is 1.24 bits per heavy atom. The molecular formula is C16H13Br2ClO2. The molecule has 2 aromatic carbocycles. The minimum atomic E-state index is -0.0458. The summed E-state index contributed by atoms with van der Waals surface area (Å²) in [5.74, 6) is 1.76. The van der Waals surface area contributed by atoms with Crippen molar-refractivity contribution < 1.29 is 9.47 Å². The lowest BCUT2D eigenvalue weighted by Gasteiger charge is -2.18. The molecule has 0 aromatic heterocycles. The van der Waals surface area contributed by atoms with Crippen LogP contribution in [0.1, 0.15) is 21.5 Å². The molecule has 0 N–H and O–H groups in total. The zero-order valence-electron chi connectivity index (χ0n) is 11.3. The van der Waals surface area contributed by atoms with Crippen LogP contribution in [0.15, 0.2) is 34.8 Å². The lowest BCUT2D eigenvalue weighted by Crippen LogP contribution is -2.00. The van der Waals surface area contributed by atoms with Crippen LogP contribution in [-0.2, 0) is 6.42 Å². The summed E-state index contributed by atoms with van der Waals surface area (Å²) in [6.07, 6.45) is 0.939. The number of rotatable bonds is 3. The molecule has 0 bridgehead atoms. The Morgan fingerprint density at radius 3 is 2.81 bits per heavy atom. The minimum Gasteiger partial charge on any atom is -0.496 e. The number of halogens is 3. The lowest BCUT2D eigenvalue weighted by molar-refractivity contribution is 0.353.